The molecule has 0 bridgehead atoms. The van der Waals surface area contributed by atoms with E-state index >= 15 is 0 Å². The first-order valence-electron chi connectivity index (χ1n) is 5.53. The number of aryl methyl sites for hydroxylation is 2. The van der Waals surface area contributed by atoms with Gasteiger partial charge in [-0.05, 0) is 18.6 Å². The molecular formula is C13H11ClN4O. The van der Waals surface area contributed by atoms with Crippen molar-refractivity contribution in [2.75, 3.05) is 5.32 Å². The monoisotopic (exact) mass is 274 g/mol. The van der Waals surface area contributed by atoms with E-state index in [1.807, 2.05) is 19.1 Å². The Morgan fingerprint density at radius 2 is 2.26 bits per heavy atom. The van der Waals surface area contributed by atoms with E-state index in [4.69, 9.17) is 16.9 Å². The number of anilines is 1. The van der Waals surface area contributed by atoms with Crippen LogP contribution in [0.3, 0.4) is 0 Å². The summed E-state index contributed by atoms with van der Waals surface area (Å²) < 4.78 is 1.46. The van der Waals surface area contributed by atoms with E-state index in [0.717, 1.165) is 5.56 Å². The molecule has 0 saturated heterocycles. The molecule has 0 saturated carbocycles. The number of nitrogens with one attached hydrogen (secondary N) is 1. The lowest BCUT2D eigenvalue weighted by Gasteiger charge is -2.06. The number of amides is 1. The molecule has 2 aromatic rings. The van der Waals surface area contributed by atoms with Crippen LogP contribution in [0.4, 0.5) is 5.82 Å². The van der Waals surface area contributed by atoms with Crippen LogP contribution in [-0.4, -0.2) is 15.7 Å². The van der Waals surface area contributed by atoms with E-state index in [2.05, 4.69) is 10.4 Å². The van der Waals surface area contributed by atoms with Crippen molar-refractivity contribution in [2.45, 2.75) is 6.92 Å². The van der Waals surface area contributed by atoms with Crippen LogP contribution >= 0.6 is 11.6 Å². The van der Waals surface area contributed by atoms with Crippen LogP contribution in [0.15, 0.2) is 24.4 Å². The molecule has 0 fully saturated rings. The summed E-state index contributed by atoms with van der Waals surface area (Å²) in [7, 11) is 1.68. The van der Waals surface area contributed by atoms with Crippen LogP contribution in [0.25, 0.3) is 0 Å². The van der Waals surface area contributed by atoms with Gasteiger partial charge in [0.05, 0.1) is 10.6 Å². The molecule has 1 aromatic carbocycles. The van der Waals surface area contributed by atoms with E-state index < -0.39 is 0 Å². The maximum atomic E-state index is 12.1. The predicted molar refractivity (Wildman–Crippen MR) is 72.1 cm³/mol. The molecule has 0 aliphatic carbocycles. The number of nitriles is 1. The molecule has 0 aliphatic heterocycles. The number of hydrogen-bond donors (Lipinski definition) is 1. The molecule has 0 aliphatic rings. The molecule has 6 heteroatoms. The maximum absolute atomic E-state index is 12.1. The molecule has 0 radical (unpaired) electrons. The normalized spacial score (nSPS) is 10.0. The second kappa shape index (κ2) is 5.12. The molecular weight excluding hydrogens is 264 g/mol. The largest absolute Gasteiger partial charge is 0.304 e. The van der Waals surface area contributed by atoms with Crippen LogP contribution < -0.4 is 5.32 Å². The first kappa shape index (κ1) is 13.1. The van der Waals surface area contributed by atoms with E-state index in [9.17, 15) is 4.79 Å². The first-order chi connectivity index (χ1) is 9.02. The Bertz CT molecular complexity index is 684. The van der Waals surface area contributed by atoms with E-state index in [1.165, 1.54) is 10.9 Å². The third kappa shape index (κ3) is 2.59. The lowest BCUT2D eigenvalue weighted by atomic mass is 10.1. The summed E-state index contributed by atoms with van der Waals surface area (Å²) >= 11 is 6.08. The summed E-state index contributed by atoms with van der Waals surface area (Å²) in [5.74, 6) is -0.156. The second-order valence-corrected chi connectivity index (χ2v) is 4.45. The summed E-state index contributed by atoms with van der Waals surface area (Å²) in [5.41, 5.74) is 1.48. The highest BCUT2D eigenvalue weighted by Gasteiger charge is 2.15. The highest BCUT2D eigenvalue weighted by Crippen LogP contribution is 2.21. The molecule has 2 rings (SSSR count). The van der Waals surface area contributed by atoms with Gasteiger partial charge in [-0.2, -0.15) is 10.4 Å². The zero-order valence-corrected chi connectivity index (χ0v) is 11.2. The third-order valence-corrected chi connectivity index (χ3v) is 3.12. The van der Waals surface area contributed by atoms with E-state index in [1.54, 1.807) is 19.2 Å². The first-order valence-corrected chi connectivity index (χ1v) is 5.91. The predicted octanol–water partition coefficient (Wildman–Crippen LogP) is 2.51. The van der Waals surface area contributed by atoms with Crippen LogP contribution in [-0.2, 0) is 7.05 Å². The summed E-state index contributed by atoms with van der Waals surface area (Å²) in [5, 5.41) is 15.9. The zero-order chi connectivity index (χ0) is 14.0. The van der Waals surface area contributed by atoms with Crippen LogP contribution in [0.5, 0.6) is 0 Å². The van der Waals surface area contributed by atoms with Gasteiger partial charge in [0.15, 0.2) is 5.82 Å². The Labute approximate surface area is 115 Å². The van der Waals surface area contributed by atoms with Crippen molar-refractivity contribution in [3.05, 3.63) is 46.1 Å². The number of hydrogen-bond acceptors (Lipinski definition) is 3. The molecule has 1 N–H and O–H groups in total. The summed E-state index contributed by atoms with van der Waals surface area (Å²) in [6.07, 6.45) is 1.54. The minimum absolute atomic E-state index is 0.229. The number of halogens is 1. The van der Waals surface area contributed by atoms with Crippen LogP contribution in [0.2, 0.25) is 5.02 Å². The number of aromatic nitrogens is 2. The molecule has 1 heterocycles. The van der Waals surface area contributed by atoms with Crippen molar-refractivity contribution < 1.29 is 4.79 Å². The molecule has 19 heavy (non-hydrogen) atoms. The summed E-state index contributed by atoms with van der Waals surface area (Å²) in [6.45, 7) is 1.82. The van der Waals surface area contributed by atoms with Crippen molar-refractivity contribution in [1.82, 2.24) is 9.78 Å². The van der Waals surface area contributed by atoms with Gasteiger partial charge in [0, 0.05) is 13.2 Å². The van der Waals surface area contributed by atoms with Gasteiger partial charge in [0.2, 0.25) is 0 Å². The number of benzene rings is 1. The topological polar surface area (TPSA) is 70.7 Å². The van der Waals surface area contributed by atoms with Crippen LogP contribution in [0, 0.1) is 18.3 Å². The van der Waals surface area contributed by atoms with Gasteiger partial charge in [-0.3, -0.25) is 9.48 Å². The van der Waals surface area contributed by atoms with E-state index in [0.29, 0.717) is 16.1 Å². The molecule has 5 nitrogen and oxygen atoms in total. The average Bonchev–Trinajstić information content (AvgIpc) is 2.72. The van der Waals surface area contributed by atoms with Crippen molar-refractivity contribution in [1.29, 1.82) is 5.26 Å². The molecule has 1 amide bonds. The minimum Gasteiger partial charge on any atom is -0.304 e. The van der Waals surface area contributed by atoms with Gasteiger partial charge in [-0.25, -0.2) is 0 Å². The Hall–Kier alpha value is -2.32. The lowest BCUT2D eigenvalue weighted by molar-refractivity contribution is 0.102. The van der Waals surface area contributed by atoms with Gasteiger partial charge < -0.3 is 5.32 Å². The Balaban J connectivity index is 2.31. The number of carbonyl (C=O) groups is 1. The van der Waals surface area contributed by atoms with Gasteiger partial charge in [-0.1, -0.05) is 23.7 Å². The lowest BCUT2D eigenvalue weighted by Crippen LogP contribution is -2.14. The van der Waals surface area contributed by atoms with Crippen molar-refractivity contribution in [2.24, 2.45) is 7.05 Å². The van der Waals surface area contributed by atoms with Gasteiger partial charge >= 0.3 is 0 Å². The van der Waals surface area contributed by atoms with Gasteiger partial charge in [0.1, 0.15) is 11.6 Å². The Morgan fingerprint density at radius 3 is 2.95 bits per heavy atom. The zero-order valence-electron chi connectivity index (χ0n) is 10.4. The van der Waals surface area contributed by atoms with Gasteiger partial charge in [-0.15, -0.1) is 0 Å². The molecule has 1 aromatic heterocycles. The van der Waals surface area contributed by atoms with Crippen molar-refractivity contribution in [3.8, 4) is 6.07 Å². The SMILES string of the molecule is Cc1cccc(C(=O)Nc2nn(C)cc2C#N)c1Cl. The molecule has 0 atom stereocenters. The average molecular weight is 275 g/mol. The van der Waals surface area contributed by atoms with Gasteiger partial charge in [0.25, 0.3) is 5.91 Å². The number of rotatable bonds is 2. The summed E-state index contributed by atoms with van der Waals surface area (Å²) in [4.78, 5) is 12.1. The standard InChI is InChI=1S/C13H11ClN4O/c1-8-4-3-5-10(11(8)14)13(19)16-12-9(6-15)7-18(2)17-12/h3-5,7H,1-2H3,(H,16,17,19). The maximum Gasteiger partial charge on any atom is 0.258 e. The molecule has 0 spiro atoms. The van der Waals surface area contributed by atoms with Crippen LogP contribution in [0.1, 0.15) is 21.5 Å². The Kier molecular flexibility index (Phi) is 3.54. The number of carbonyl (C=O) groups excluding carboxylic acids is 1. The fourth-order valence-electron chi connectivity index (χ4n) is 1.66. The highest BCUT2D eigenvalue weighted by molar-refractivity contribution is 6.35. The smallest absolute Gasteiger partial charge is 0.258 e. The summed E-state index contributed by atoms with van der Waals surface area (Å²) in [6, 6.07) is 7.16. The molecule has 96 valence electrons. The fourth-order valence-corrected chi connectivity index (χ4v) is 1.87. The minimum atomic E-state index is -0.385. The Morgan fingerprint density at radius 1 is 1.53 bits per heavy atom. The second-order valence-electron chi connectivity index (χ2n) is 4.07. The van der Waals surface area contributed by atoms with Crippen molar-refractivity contribution in [3.63, 3.8) is 0 Å². The third-order valence-electron chi connectivity index (χ3n) is 2.62. The quantitative estimate of drug-likeness (QED) is 0.915. The number of nitrogens with zero attached hydrogens (tertiary/aromatic N) is 3. The highest BCUT2D eigenvalue weighted by atomic mass is 35.5. The van der Waals surface area contributed by atoms with Crippen molar-refractivity contribution >= 4 is 23.3 Å². The molecule has 0 unspecified atom stereocenters. The fraction of sp³-hybridized carbons (Fsp3) is 0.154. The van der Waals surface area contributed by atoms with E-state index in [-0.39, 0.29) is 11.7 Å².